The number of rotatable bonds is 4. The van der Waals surface area contributed by atoms with Gasteiger partial charge >= 0.3 is 0 Å². The van der Waals surface area contributed by atoms with E-state index in [4.69, 9.17) is 0 Å². The van der Waals surface area contributed by atoms with E-state index in [9.17, 15) is 4.79 Å². The number of piperazine rings is 1. The van der Waals surface area contributed by atoms with Gasteiger partial charge < -0.3 is 15.1 Å². The number of pyridine rings is 1. The zero-order chi connectivity index (χ0) is 19.3. The number of aromatic nitrogens is 1. The summed E-state index contributed by atoms with van der Waals surface area (Å²) in [6, 6.07) is 21.9. The van der Waals surface area contributed by atoms with E-state index in [1.54, 1.807) is 6.20 Å². The average molecular weight is 372 g/mol. The summed E-state index contributed by atoms with van der Waals surface area (Å²) >= 11 is 0. The molecule has 0 bridgehead atoms. The first-order valence-electron chi connectivity index (χ1n) is 9.58. The second-order valence-electron chi connectivity index (χ2n) is 7.03. The molecule has 2 aromatic carbocycles. The fraction of sp³-hybridized carbons (Fsp3) is 0.217. The zero-order valence-corrected chi connectivity index (χ0v) is 16.0. The van der Waals surface area contributed by atoms with E-state index < -0.39 is 0 Å². The van der Waals surface area contributed by atoms with Crippen LogP contribution < -0.4 is 15.1 Å². The van der Waals surface area contributed by atoms with Gasteiger partial charge in [0.25, 0.3) is 5.91 Å². The van der Waals surface area contributed by atoms with Gasteiger partial charge in [-0.3, -0.25) is 9.78 Å². The summed E-state index contributed by atoms with van der Waals surface area (Å²) in [4.78, 5) is 21.5. The Kier molecular flexibility index (Phi) is 5.24. The molecule has 1 aliphatic heterocycles. The first-order valence-corrected chi connectivity index (χ1v) is 9.58. The van der Waals surface area contributed by atoms with Crippen LogP contribution in [0.4, 0.5) is 17.1 Å². The van der Waals surface area contributed by atoms with Gasteiger partial charge in [-0.25, -0.2) is 0 Å². The Morgan fingerprint density at radius 3 is 2.21 bits per heavy atom. The summed E-state index contributed by atoms with van der Waals surface area (Å²) < 4.78 is 0. The maximum atomic E-state index is 12.5. The zero-order valence-electron chi connectivity index (χ0n) is 16.0. The summed E-state index contributed by atoms with van der Waals surface area (Å²) in [5, 5.41) is 2.89. The first-order chi connectivity index (χ1) is 13.7. The van der Waals surface area contributed by atoms with Crippen LogP contribution in [0.3, 0.4) is 0 Å². The molecule has 3 aromatic rings. The molecular formula is C23H24N4O. The van der Waals surface area contributed by atoms with E-state index in [1.165, 1.54) is 11.3 Å². The number of carbonyl (C=O) groups excluding carboxylic acids is 1. The standard InChI is InChI=1S/C23H24N4O/c1-18-6-5-9-20(16-18)26-12-14-27(15-13-26)21-10-11-24-22(17-21)23(28)25-19-7-3-2-4-8-19/h2-11,16-17H,12-15H2,1H3,(H,25,28). The van der Waals surface area contributed by atoms with Crippen LogP contribution >= 0.6 is 0 Å². The Morgan fingerprint density at radius 1 is 0.857 bits per heavy atom. The lowest BCUT2D eigenvalue weighted by atomic mass is 10.2. The van der Waals surface area contributed by atoms with Crippen LogP contribution in [0.15, 0.2) is 72.9 Å². The Balaban J connectivity index is 1.42. The Hall–Kier alpha value is -3.34. The van der Waals surface area contributed by atoms with Gasteiger partial charge in [-0.1, -0.05) is 30.3 Å². The summed E-state index contributed by atoms with van der Waals surface area (Å²) in [5.41, 5.74) is 4.80. The second-order valence-corrected chi connectivity index (χ2v) is 7.03. The molecule has 1 aliphatic rings. The van der Waals surface area contributed by atoms with Gasteiger partial charge in [0.2, 0.25) is 0 Å². The van der Waals surface area contributed by atoms with Crippen molar-refractivity contribution in [1.29, 1.82) is 0 Å². The molecule has 1 aromatic heterocycles. The van der Waals surface area contributed by atoms with Crippen molar-refractivity contribution in [3.05, 3.63) is 84.2 Å². The number of anilines is 3. The third kappa shape index (κ3) is 4.14. The number of amides is 1. The molecule has 0 spiro atoms. The lowest BCUT2D eigenvalue weighted by Gasteiger charge is -2.37. The van der Waals surface area contributed by atoms with Crippen LogP contribution in [-0.4, -0.2) is 37.1 Å². The Bertz CT molecular complexity index is 950. The minimum Gasteiger partial charge on any atom is -0.368 e. The lowest BCUT2D eigenvalue weighted by molar-refractivity contribution is 0.102. The molecular weight excluding hydrogens is 348 g/mol. The molecule has 0 aliphatic carbocycles. The molecule has 0 saturated carbocycles. The van der Waals surface area contributed by atoms with Crippen molar-refractivity contribution in [1.82, 2.24) is 4.98 Å². The fourth-order valence-electron chi connectivity index (χ4n) is 3.50. The van der Waals surface area contributed by atoms with E-state index in [2.05, 4.69) is 51.3 Å². The summed E-state index contributed by atoms with van der Waals surface area (Å²) in [6.07, 6.45) is 1.71. The molecule has 0 radical (unpaired) electrons. The predicted octanol–water partition coefficient (Wildman–Crippen LogP) is 3.97. The molecule has 2 heterocycles. The highest BCUT2D eigenvalue weighted by Crippen LogP contribution is 2.22. The maximum absolute atomic E-state index is 12.5. The van der Waals surface area contributed by atoms with Crippen molar-refractivity contribution in [2.75, 3.05) is 41.3 Å². The summed E-state index contributed by atoms with van der Waals surface area (Å²) in [6.45, 7) is 5.86. The molecule has 4 rings (SSSR count). The number of aryl methyl sites for hydroxylation is 1. The molecule has 5 nitrogen and oxygen atoms in total. The Morgan fingerprint density at radius 2 is 1.54 bits per heavy atom. The highest BCUT2D eigenvalue weighted by atomic mass is 16.1. The third-order valence-corrected chi connectivity index (χ3v) is 5.02. The first kappa shape index (κ1) is 18.0. The van der Waals surface area contributed by atoms with Gasteiger partial charge in [0, 0.05) is 49.4 Å². The monoisotopic (exact) mass is 372 g/mol. The number of benzene rings is 2. The highest BCUT2D eigenvalue weighted by molar-refractivity contribution is 6.03. The summed E-state index contributed by atoms with van der Waals surface area (Å²) in [7, 11) is 0. The average Bonchev–Trinajstić information content (AvgIpc) is 2.75. The largest absolute Gasteiger partial charge is 0.368 e. The van der Waals surface area contributed by atoms with Crippen LogP contribution in [0.1, 0.15) is 16.1 Å². The quantitative estimate of drug-likeness (QED) is 0.753. The van der Waals surface area contributed by atoms with E-state index in [0.29, 0.717) is 5.69 Å². The van der Waals surface area contributed by atoms with Crippen molar-refractivity contribution in [2.24, 2.45) is 0 Å². The minimum atomic E-state index is -0.188. The van der Waals surface area contributed by atoms with E-state index in [1.807, 2.05) is 42.5 Å². The Labute approximate surface area is 165 Å². The lowest BCUT2D eigenvalue weighted by Crippen LogP contribution is -2.46. The van der Waals surface area contributed by atoms with E-state index in [-0.39, 0.29) is 5.91 Å². The molecule has 142 valence electrons. The molecule has 28 heavy (non-hydrogen) atoms. The van der Waals surface area contributed by atoms with Crippen LogP contribution in [0.2, 0.25) is 0 Å². The van der Waals surface area contributed by atoms with Crippen LogP contribution in [0.5, 0.6) is 0 Å². The number of hydrogen-bond acceptors (Lipinski definition) is 4. The number of nitrogens with one attached hydrogen (secondary N) is 1. The molecule has 0 atom stereocenters. The van der Waals surface area contributed by atoms with Gasteiger partial charge in [0.1, 0.15) is 5.69 Å². The van der Waals surface area contributed by atoms with Crippen LogP contribution in [-0.2, 0) is 0 Å². The van der Waals surface area contributed by atoms with Gasteiger partial charge in [-0.2, -0.15) is 0 Å². The van der Waals surface area contributed by atoms with Crippen molar-refractivity contribution in [2.45, 2.75) is 6.92 Å². The minimum absolute atomic E-state index is 0.188. The number of hydrogen-bond donors (Lipinski definition) is 1. The van der Waals surface area contributed by atoms with E-state index in [0.717, 1.165) is 37.6 Å². The second kappa shape index (κ2) is 8.13. The topological polar surface area (TPSA) is 48.5 Å². The SMILES string of the molecule is Cc1cccc(N2CCN(c3ccnc(C(=O)Nc4ccccc4)c3)CC2)c1. The molecule has 5 heteroatoms. The number of para-hydroxylation sites is 1. The molecule has 1 fully saturated rings. The fourth-order valence-corrected chi connectivity index (χ4v) is 3.50. The van der Waals surface area contributed by atoms with Gasteiger partial charge in [0.15, 0.2) is 0 Å². The third-order valence-electron chi connectivity index (χ3n) is 5.02. The molecule has 1 N–H and O–H groups in total. The highest BCUT2D eigenvalue weighted by Gasteiger charge is 2.19. The summed E-state index contributed by atoms with van der Waals surface area (Å²) in [5.74, 6) is -0.188. The van der Waals surface area contributed by atoms with Gasteiger partial charge in [0.05, 0.1) is 0 Å². The van der Waals surface area contributed by atoms with Gasteiger partial charge in [-0.05, 0) is 48.9 Å². The smallest absolute Gasteiger partial charge is 0.274 e. The van der Waals surface area contributed by atoms with Crippen molar-refractivity contribution in [3.63, 3.8) is 0 Å². The predicted molar refractivity (Wildman–Crippen MR) is 114 cm³/mol. The van der Waals surface area contributed by atoms with Crippen molar-refractivity contribution < 1.29 is 4.79 Å². The normalized spacial score (nSPS) is 14.0. The van der Waals surface area contributed by atoms with Crippen molar-refractivity contribution >= 4 is 23.0 Å². The van der Waals surface area contributed by atoms with Crippen LogP contribution in [0, 0.1) is 6.92 Å². The molecule has 1 saturated heterocycles. The molecule has 1 amide bonds. The van der Waals surface area contributed by atoms with E-state index >= 15 is 0 Å². The number of nitrogens with zero attached hydrogens (tertiary/aromatic N) is 3. The molecule has 0 unspecified atom stereocenters. The number of carbonyl (C=O) groups is 1. The van der Waals surface area contributed by atoms with Crippen molar-refractivity contribution in [3.8, 4) is 0 Å². The maximum Gasteiger partial charge on any atom is 0.274 e. The van der Waals surface area contributed by atoms with Crippen LogP contribution in [0.25, 0.3) is 0 Å². The van der Waals surface area contributed by atoms with Gasteiger partial charge in [-0.15, -0.1) is 0 Å².